The van der Waals surface area contributed by atoms with Crippen LogP contribution in [0.2, 0.25) is 0 Å². The number of esters is 2. The highest BCUT2D eigenvalue weighted by molar-refractivity contribution is 6.02. The number of rotatable bonds is 4. The molecule has 0 aromatic carbocycles. The molecule has 5 heteroatoms. The van der Waals surface area contributed by atoms with Gasteiger partial charge in [-0.3, -0.25) is 9.59 Å². The molecule has 16 heavy (non-hydrogen) atoms. The van der Waals surface area contributed by atoms with Crippen LogP contribution in [0.4, 0.5) is 0 Å². The molecule has 0 fully saturated rings. The number of ether oxygens (including phenoxy) is 2. The molecule has 0 atom stereocenters. The number of carbonyl (C=O) groups is 2. The Labute approximate surface area is 101 Å². The zero-order valence-corrected chi connectivity index (χ0v) is 10.3. The van der Waals surface area contributed by atoms with Crippen LogP contribution in [0.5, 0.6) is 0 Å². The van der Waals surface area contributed by atoms with Crippen molar-refractivity contribution in [3.05, 3.63) is 12.2 Å². The highest BCUT2D eigenvalue weighted by atomic mass is 35.5. The molecular weight excluding hydrogens is 232 g/mol. The predicted molar refractivity (Wildman–Crippen MR) is 61.3 cm³/mol. The first-order valence-electron chi connectivity index (χ1n) is 5.19. The van der Waals surface area contributed by atoms with Crippen molar-refractivity contribution in [3.63, 3.8) is 0 Å². The molecule has 0 aromatic rings. The first-order valence-corrected chi connectivity index (χ1v) is 5.19. The maximum atomic E-state index is 11.7. The van der Waals surface area contributed by atoms with E-state index in [0.29, 0.717) is 12.8 Å². The smallest absolute Gasteiger partial charge is 0.327 e. The molecule has 1 rings (SSSR count). The fourth-order valence-corrected chi connectivity index (χ4v) is 1.62. The summed E-state index contributed by atoms with van der Waals surface area (Å²) in [4.78, 5) is 23.4. The van der Waals surface area contributed by atoms with Gasteiger partial charge in [-0.15, -0.1) is 12.4 Å². The molecule has 0 aromatic heterocycles. The lowest BCUT2D eigenvalue weighted by molar-refractivity contribution is -0.167. The van der Waals surface area contributed by atoms with Crippen molar-refractivity contribution in [2.45, 2.75) is 26.7 Å². The monoisotopic (exact) mass is 248 g/mol. The summed E-state index contributed by atoms with van der Waals surface area (Å²) in [6.45, 7) is 3.98. The largest absolute Gasteiger partial charge is 0.465 e. The Bertz CT molecular complexity index is 268. The molecule has 92 valence electrons. The highest BCUT2D eigenvalue weighted by Crippen LogP contribution is 2.34. The number of hydrogen-bond donors (Lipinski definition) is 0. The summed E-state index contributed by atoms with van der Waals surface area (Å²) in [6, 6.07) is 0. The molecule has 0 spiro atoms. The standard InChI is InChI=1S/C11H16O4.ClH/c1-3-14-9(12)11(7-5-6-8-11)10(13)15-4-2;/h5,7H,3-4,6,8H2,1-2H3;1H. The van der Waals surface area contributed by atoms with E-state index in [0.717, 1.165) is 0 Å². The predicted octanol–water partition coefficient (Wildman–Crippen LogP) is 1.87. The summed E-state index contributed by atoms with van der Waals surface area (Å²) >= 11 is 0. The van der Waals surface area contributed by atoms with Crippen LogP contribution in [0.3, 0.4) is 0 Å². The van der Waals surface area contributed by atoms with E-state index in [1.54, 1.807) is 19.9 Å². The normalized spacial score (nSPS) is 16.4. The van der Waals surface area contributed by atoms with Gasteiger partial charge in [0.2, 0.25) is 0 Å². The van der Waals surface area contributed by atoms with Gasteiger partial charge in [0, 0.05) is 0 Å². The van der Waals surface area contributed by atoms with Gasteiger partial charge in [-0.1, -0.05) is 12.2 Å². The SMILES string of the molecule is CCOC(=O)C1(C(=O)OCC)C=CCC1.Cl. The van der Waals surface area contributed by atoms with Crippen molar-refractivity contribution in [3.8, 4) is 0 Å². The van der Waals surface area contributed by atoms with Crippen molar-refractivity contribution in [1.82, 2.24) is 0 Å². The first-order chi connectivity index (χ1) is 7.17. The second-order valence-corrected chi connectivity index (χ2v) is 3.35. The topological polar surface area (TPSA) is 52.6 Å². The Hall–Kier alpha value is -1.03. The van der Waals surface area contributed by atoms with Gasteiger partial charge in [-0.2, -0.15) is 0 Å². The molecule has 1 aliphatic rings. The Morgan fingerprint density at radius 1 is 1.19 bits per heavy atom. The Balaban J connectivity index is 0.00000225. The highest BCUT2D eigenvalue weighted by Gasteiger charge is 2.47. The molecule has 0 N–H and O–H groups in total. The lowest BCUT2D eigenvalue weighted by Gasteiger charge is -2.22. The molecule has 0 radical (unpaired) electrons. The molecule has 1 aliphatic carbocycles. The van der Waals surface area contributed by atoms with Crippen molar-refractivity contribution in [2.75, 3.05) is 13.2 Å². The van der Waals surface area contributed by atoms with Gasteiger partial charge in [0.05, 0.1) is 13.2 Å². The molecule has 0 saturated heterocycles. The molecule has 0 aliphatic heterocycles. The third-order valence-electron chi connectivity index (χ3n) is 2.39. The summed E-state index contributed by atoms with van der Waals surface area (Å²) in [5.41, 5.74) is -1.19. The van der Waals surface area contributed by atoms with Crippen LogP contribution in [0.15, 0.2) is 12.2 Å². The summed E-state index contributed by atoms with van der Waals surface area (Å²) < 4.78 is 9.81. The molecule has 0 amide bonds. The Morgan fingerprint density at radius 3 is 2.00 bits per heavy atom. The first kappa shape index (κ1) is 15.0. The maximum absolute atomic E-state index is 11.7. The van der Waals surface area contributed by atoms with Crippen LogP contribution in [-0.4, -0.2) is 25.2 Å². The number of hydrogen-bond acceptors (Lipinski definition) is 4. The van der Waals surface area contributed by atoms with E-state index in [4.69, 9.17) is 9.47 Å². The van der Waals surface area contributed by atoms with Crippen molar-refractivity contribution < 1.29 is 19.1 Å². The molecule has 4 nitrogen and oxygen atoms in total. The van der Waals surface area contributed by atoms with Crippen LogP contribution in [0.25, 0.3) is 0 Å². The summed E-state index contributed by atoms with van der Waals surface area (Å²) in [5.74, 6) is -1.01. The van der Waals surface area contributed by atoms with Crippen LogP contribution < -0.4 is 0 Å². The third-order valence-corrected chi connectivity index (χ3v) is 2.39. The average molecular weight is 249 g/mol. The lowest BCUT2D eigenvalue weighted by atomic mass is 9.88. The average Bonchev–Trinajstić information content (AvgIpc) is 2.68. The van der Waals surface area contributed by atoms with Gasteiger partial charge in [0.15, 0.2) is 5.41 Å². The van der Waals surface area contributed by atoms with Gasteiger partial charge in [-0.25, -0.2) is 0 Å². The van der Waals surface area contributed by atoms with Gasteiger partial charge >= 0.3 is 11.9 Å². The minimum absolute atomic E-state index is 0. The summed E-state index contributed by atoms with van der Waals surface area (Å²) in [6.07, 6.45) is 4.57. The molecule has 0 saturated carbocycles. The second kappa shape index (κ2) is 6.53. The van der Waals surface area contributed by atoms with Crippen molar-refractivity contribution in [2.24, 2.45) is 5.41 Å². The Morgan fingerprint density at radius 2 is 1.69 bits per heavy atom. The summed E-state index contributed by atoms with van der Waals surface area (Å²) in [5, 5.41) is 0. The van der Waals surface area contributed by atoms with E-state index in [1.165, 1.54) is 0 Å². The minimum Gasteiger partial charge on any atom is -0.465 e. The fraction of sp³-hybridized carbons (Fsp3) is 0.636. The van der Waals surface area contributed by atoms with Gasteiger partial charge in [0.1, 0.15) is 0 Å². The lowest BCUT2D eigenvalue weighted by Crippen LogP contribution is -2.39. The van der Waals surface area contributed by atoms with Gasteiger partial charge in [0.25, 0.3) is 0 Å². The number of carbonyl (C=O) groups excluding carboxylic acids is 2. The molecule has 0 unspecified atom stereocenters. The van der Waals surface area contributed by atoms with Crippen LogP contribution in [-0.2, 0) is 19.1 Å². The number of allylic oxidation sites excluding steroid dienone is 1. The minimum atomic E-state index is -1.19. The van der Waals surface area contributed by atoms with Gasteiger partial charge in [-0.05, 0) is 26.7 Å². The third kappa shape index (κ3) is 2.76. The van der Waals surface area contributed by atoms with E-state index in [9.17, 15) is 9.59 Å². The van der Waals surface area contributed by atoms with Crippen LogP contribution >= 0.6 is 12.4 Å². The van der Waals surface area contributed by atoms with Crippen LogP contribution in [0, 0.1) is 5.41 Å². The Kier molecular flexibility index (Phi) is 6.11. The molecule has 0 heterocycles. The number of halogens is 1. The summed E-state index contributed by atoms with van der Waals surface area (Å²) in [7, 11) is 0. The maximum Gasteiger partial charge on any atom is 0.327 e. The van der Waals surface area contributed by atoms with E-state index >= 15 is 0 Å². The second-order valence-electron chi connectivity index (χ2n) is 3.35. The zero-order valence-electron chi connectivity index (χ0n) is 9.52. The van der Waals surface area contributed by atoms with E-state index < -0.39 is 17.4 Å². The molecule has 0 bridgehead atoms. The van der Waals surface area contributed by atoms with Crippen molar-refractivity contribution in [1.29, 1.82) is 0 Å². The van der Waals surface area contributed by atoms with E-state index in [-0.39, 0.29) is 25.6 Å². The fourth-order valence-electron chi connectivity index (χ4n) is 1.62. The zero-order chi connectivity index (χ0) is 11.3. The van der Waals surface area contributed by atoms with Crippen molar-refractivity contribution >= 4 is 24.3 Å². The quantitative estimate of drug-likeness (QED) is 0.433. The molecular formula is C11H17ClO4. The van der Waals surface area contributed by atoms with Crippen LogP contribution in [0.1, 0.15) is 26.7 Å². The van der Waals surface area contributed by atoms with E-state index in [2.05, 4.69) is 0 Å². The van der Waals surface area contributed by atoms with E-state index in [1.807, 2.05) is 6.08 Å². The van der Waals surface area contributed by atoms with Gasteiger partial charge < -0.3 is 9.47 Å².